The smallest absolute Gasteiger partial charge is 0.236 e. The molecule has 1 heterocycles. The highest BCUT2D eigenvalue weighted by atomic mass is 16.2. The molecule has 0 aromatic heterocycles. The second kappa shape index (κ2) is 5.53. The number of carbonyl (C=O) groups is 2. The van der Waals surface area contributed by atoms with E-state index in [2.05, 4.69) is 5.32 Å². The quantitative estimate of drug-likeness (QED) is 0.890. The van der Waals surface area contributed by atoms with Crippen LogP contribution in [0.2, 0.25) is 0 Å². The molecule has 0 fully saturated rings. The molecule has 1 aromatic carbocycles. The number of hydrogen-bond donors (Lipinski definition) is 1. The number of nitrogens with one attached hydrogen (secondary N) is 1. The second-order valence-corrected chi connectivity index (χ2v) is 4.62. The molecule has 0 bridgehead atoms. The lowest BCUT2D eigenvalue weighted by Gasteiger charge is -2.20. The maximum Gasteiger partial charge on any atom is 0.236 e. The molecule has 2 rings (SSSR count). The van der Waals surface area contributed by atoms with Gasteiger partial charge in [-0.1, -0.05) is 12.1 Å². The van der Waals surface area contributed by atoms with Gasteiger partial charge in [0, 0.05) is 25.7 Å². The zero-order valence-electron chi connectivity index (χ0n) is 10.8. The SMILES string of the molecule is CN(Cc1ccc2c(c1)CCC(=O)N2)C(=O)CC#N. The topological polar surface area (TPSA) is 73.2 Å². The van der Waals surface area contributed by atoms with Crippen molar-refractivity contribution in [1.29, 1.82) is 5.26 Å². The zero-order chi connectivity index (χ0) is 13.8. The van der Waals surface area contributed by atoms with Crippen molar-refractivity contribution in [3.63, 3.8) is 0 Å². The summed E-state index contributed by atoms with van der Waals surface area (Å²) in [5.41, 5.74) is 2.95. The Morgan fingerprint density at radius 3 is 3.00 bits per heavy atom. The van der Waals surface area contributed by atoms with Crippen LogP contribution in [0.4, 0.5) is 5.69 Å². The Labute approximate surface area is 111 Å². The first-order valence-corrected chi connectivity index (χ1v) is 6.12. The number of aryl methyl sites for hydroxylation is 1. The van der Waals surface area contributed by atoms with E-state index in [9.17, 15) is 9.59 Å². The van der Waals surface area contributed by atoms with Crippen molar-refractivity contribution in [3.05, 3.63) is 29.3 Å². The first-order valence-electron chi connectivity index (χ1n) is 6.12. The average molecular weight is 257 g/mol. The molecule has 0 saturated carbocycles. The van der Waals surface area contributed by atoms with Crippen LogP contribution >= 0.6 is 0 Å². The Kier molecular flexibility index (Phi) is 3.81. The van der Waals surface area contributed by atoms with Crippen LogP contribution in [0.25, 0.3) is 0 Å². The van der Waals surface area contributed by atoms with Crippen molar-refractivity contribution in [2.24, 2.45) is 0 Å². The van der Waals surface area contributed by atoms with Crippen molar-refractivity contribution in [1.82, 2.24) is 4.90 Å². The van der Waals surface area contributed by atoms with Crippen LogP contribution in [-0.2, 0) is 22.6 Å². The van der Waals surface area contributed by atoms with Crippen molar-refractivity contribution >= 4 is 17.5 Å². The number of amides is 2. The predicted molar refractivity (Wildman–Crippen MR) is 70.1 cm³/mol. The van der Waals surface area contributed by atoms with Crippen LogP contribution in [0.1, 0.15) is 24.0 Å². The Morgan fingerprint density at radius 2 is 2.26 bits per heavy atom. The minimum absolute atomic E-state index is 0.0431. The molecule has 0 aliphatic carbocycles. The first kappa shape index (κ1) is 13.1. The van der Waals surface area contributed by atoms with Crippen molar-refractivity contribution in [2.75, 3.05) is 12.4 Å². The molecule has 1 aliphatic heterocycles. The Balaban J connectivity index is 2.09. The molecule has 5 heteroatoms. The van der Waals surface area contributed by atoms with E-state index < -0.39 is 0 Å². The summed E-state index contributed by atoms with van der Waals surface area (Å²) in [5.74, 6) is -0.143. The predicted octanol–water partition coefficient (Wildman–Crippen LogP) is 1.44. The third kappa shape index (κ3) is 3.10. The van der Waals surface area contributed by atoms with E-state index >= 15 is 0 Å². The summed E-state index contributed by atoms with van der Waals surface area (Å²) in [4.78, 5) is 24.3. The van der Waals surface area contributed by atoms with Gasteiger partial charge in [-0.3, -0.25) is 9.59 Å². The number of benzene rings is 1. The minimum atomic E-state index is -0.187. The zero-order valence-corrected chi connectivity index (χ0v) is 10.8. The van der Waals surface area contributed by atoms with Crippen LogP contribution in [0.15, 0.2) is 18.2 Å². The molecule has 0 atom stereocenters. The van der Waals surface area contributed by atoms with E-state index in [1.54, 1.807) is 7.05 Å². The first-order chi connectivity index (χ1) is 9.10. The van der Waals surface area contributed by atoms with Gasteiger partial charge in [-0.05, 0) is 23.6 Å². The van der Waals surface area contributed by atoms with E-state index in [0.717, 1.165) is 23.2 Å². The summed E-state index contributed by atoms with van der Waals surface area (Å²) in [6, 6.07) is 7.61. The van der Waals surface area contributed by atoms with E-state index in [4.69, 9.17) is 5.26 Å². The van der Waals surface area contributed by atoms with Crippen molar-refractivity contribution in [2.45, 2.75) is 25.8 Å². The molecule has 19 heavy (non-hydrogen) atoms. The maximum atomic E-state index is 11.5. The van der Waals surface area contributed by atoms with E-state index in [1.807, 2.05) is 24.3 Å². The lowest BCUT2D eigenvalue weighted by atomic mass is 10.0. The number of carbonyl (C=O) groups excluding carboxylic acids is 2. The normalized spacial score (nSPS) is 13.2. The van der Waals surface area contributed by atoms with Gasteiger partial charge in [0.15, 0.2) is 0 Å². The molecule has 1 aliphatic rings. The molecule has 1 aromatic rings. The lowest BCUT2D eigenvalue weighted by Crippen LogP contribution is -2.26. The molecule has 0 spiro atoms. The molecular weight excluding hydrogens is 242 g/mol. The monoisotopic (exact) mass is 257 g/mol. The average Bonchev–Trinajstić information content (AvgIpc) is 2.39. The highest BCUT2D eigenvalue weighted by Crippen LogP contribution is 2.24. The van der Waals surface area contributed by atoms with Crippen LogP contribution in [0, 0.1) is 11.3 Å². The van der Waals surface area contributed by atoms with Gasteiger partial charge in [0.2, 0.25) is 11.8 Å². The number of rotatable bonds is 3. The van der Waals surface area contributed by atoms with E-state index in [-0.39, 0.29) is 18.2 Å². The van der Waals surface area contributed by atoms with Gasteiger partial charge < -0.3 is 10.2 Å². The fraction of sp³-hybridized carbons (Fsp3) is 0.357. The summed E-state index contributed by atoms with van der Waals surface area (Å²) in [7, 11) is 1.68. The number of anilines is 1. The Bertz CT molecular complexity index is 560. The fourth-order valence-electron chi connectivity index (χ4n) is 2.10. The van der Waals surface area contributed by atoms with Crippen molar-refractivity contribution < 1.29 is 9.59 Å². The van der Waals surface area contributed by atoms with Gasteiger partial charge in [0.1, 0.15) is 6.42 Å². The number of nitrogens with zero attached hydrogens (tertiary/aromatic N) is 2. The van der Waals surface area contributed by atoms with Crippen molar-refractivity contribution in [3.8, 4) is 6.07 Å². The van der Waals surface area contributed by atoms with Gasteiger partial charge in [-0.2, -0.15) is 5.26 Å². The van der Waals surface area contributed by atoms with Gasteiger partial charge in [0.05, 0.1) is 6.07 Å². The van der Waals surface area contributed by atoms with Crippen LogP contribution in [0.5, 0.6) is 0 Å². The van der Waals surface area contributed by atoms with Gasteiger partial charge in [0.25, 0.3) is 0 Å². The third-order valence-corrected chi connectivity index (χ3v) is 3.14. The Hall–Kier alpha value is -2.35. The van der Waals surface area contributed by atoms with Crippen LogP contribution in [-0.4, -0.2) is 23.8 Å². The summed E-state index contributed by atoms with van der Waals surface area (Å²) in [6.45, 7) is 0.474. The van der Waals surface area contributed by atoms with Gasteiger partial charge >= 0.3 is 0 Å². The highest BCUT2D eigenvalue weighted by molar-refractivity contribution is 5.93. The summed E-state index contributed by atoms with van der Waals surface area (Å²) in [6.07, 6.45) is 1.13. The molecule has 1 N–H and O–H groups in total. The molecular formula is C14H15N3O2. The Morgan fingerprint density at radius 1 is 1.47 bits per heavy atom. The fourth-order valence-corrected chi connectivity index (χ4v) is 2.10. The van der Waals surface area contributed by atoms with Gasteiger partial charge in [-0.25, -0.2) is 0 Å². The molecule has 0 unspecified atom stereocenters. The van der Waals surface area contributed by atoms with Gasteiger partial charge in [-0.15, -0.1) is 0 Å². The largest absolute Gasteiger partial charge is 0.341 e. The third-order valence-electron chi connectivity index (χ3n) is 3.14. The molecule has 2 amide bonds. The lowest BCUT2D eigenvalue weighted by molar-refractivity contribution is -0.129. The standard InChI is InChI=1S/C14H15N3O2/c1-17(14(19)6-7-15)9-10-2-4-12-11(8-10)3-5-13(18)16-12/h2,4,8H,3,5-6,9H2,1H3,(H,16,18). The number of hydrogen-bond acceptors (Lipinski definition) is 3. The molecule has 98 valence electrons. The van der Waals surface area contributed by atoms with E-state index in [0.29, 0.717) is 13.0 Å². The number of nitriles is 1. The minimum Gasteiger partial charge on any atom is -0.341 e. The van der Waals surface area contributed by atoms with Crippen LogP contribution < -0.4 is 5.32 Å². The van der Waals surface area contributed by atoms with Crippen LogP contribution in [0.3, 0.4) is 0 Å². The van der Waals surface area contributed by atoms with E-state index in [1.165, 1.54) is 4.90 Å². The summed E-state index contributed by atoms with van der Waals surface area (Å²) in [5, 5.41) is 11.3. The summed E-state index contributed by atoms with van der Waals surface area (Å²) >= 11 is 0. The molecule has 5 nitrogen and oxygen atoms in total. The highest BCUT2D eigenvalue weighted by Gasteiger charge is 2.15. The molecule has 0 saturated heterocycles. The maximum absolute atomic E-state index is 11.5. The second-order valence-electron chi connectivity index (χ2n) is 4.62. The summed E-state index contributed by atoms with van der Waals surface area (Å²) < 4.78 is 0. The number of fused-ring (bicyclic) bond motifs is 1. The molecule has 0 radical (unpaired) electrons.